The van der Waals surface area contributed by atoms with Gasteiger partial charge in [-0.05, 0) is 6.07 Å². The molecule has 4 heteroatoms. The van der Waals surface area contributed by atoms with E-state index in [1.54, 1.807) is 6.20 Å². The SMILES string of the molecule is OCc1ncc(-c2ccccc2Br)o1. The molecule has 72 valence electrons. The average molecular weight is 254 g/mol. The second kappa shape index (κ2) is 3.94. The molecule has 0 aliphatic rings. The Bertz CT molecular complexity index is 439. The molecule has 0 saturated heterocycles. The molecule has 0 aliphatic carbocycles. The number of rotatable bonds is 2. The van der Waals surface area contributed by atoms with E-state index < -0.39 is 0 Å². The van der Waals surface area contributed by atoms with Crippen LogP contribution in [-0.2, 0) is 6.61 Å². The van der Waals surface area contributed by atoms with Gasteiger partial charge in [0.15, 0.2) is 5.76 Å². The first kappa shape index (κ1) is 9.43. The van der Waals surface area contributed by atoms with E-state index >= 15 is 0 Å². The average Bonchev–Trinajstić information content (AvgIpc) is 2.67. The zero-order valence-electron chi connectivity index (χ0n) is 7.27. The van der Waals surface area contributed by atoms with Crippen molar-refractivity contribution in [3.05, 3.63) is 40.8 Å². The van der Waals surface area contributed by atoms with E-state index in [1.165, 1.54) is 0 Å². The number of aliphatic hydroxyl groups excluding tert-OH is 1. The molecule has 1 aromatic carbocycles. The van der Waals surface area contributed by atoms with Gasteiger partial charge in [-0.2, -0.15) is 0 Å². The van der Waals surface area contributed by atoms with Crippen molar-refractivity contribution in [2.45, 2.75) is 6.61 Å². The molecular formula is C10H8BrNO2. The van der Waals surface area contributed by atoms with Crippen LogP contribution in [0.25, 0.3) is 11.3 Å². The van der Waals surface area contributed by atoms with Gasteiger partial charge in [0.1, 0.15) is 6.61 Å². The summed E-state index contributed by atoms with van der Waals surface area (Å²) in [5, 5.41) is 8.80. The normalized spacial score (nSPS) is 10.4. The van der Waals surface area contributed by atoms with Gasteiger partial charge in [0.05, 0.1) is 6.20 Å². The lowest BCUT2D eigenvalue weighted by Crippen LogP contribution is -1.78. The molecule has 0 fully saturated rings. The third-order valence-electron chi connectivity index (χ3n) is 1.83. The lowest BCUT2D eigenvalue weighted by Gasteiger charge is -1.98. The van der Waals surface area contributed by atoms with Gasteiger partial charge in [-0.25, -0.2) is 4.98 Å². The van der Waals surface area contributed by atoms with Gasteiger partial charge in [0.2, 0.25) is 5.89 Å². The maximum absolute atomic E-state index is 8.80. The number of hydrogen-bond acceptors (Lipinski definition) is 3. The maximum atomic E-state index is 8.80. The van der Waals surface area contributed by atoms with Gasteiger partial charge in [-0.1, -0.05) is 34.1 Å². The Morgan fingerprint density at radius 2 is 2.14 bits per heavy atom. The first-order valence-electron chi connectivity index (χ1n) is 4.11. The van der Waals surface area contributed by atoms with Gasteiger partial charge >= 0.3 is 0 Å². The second-order valence-corrected chi connectivity index (χ2v) is 3.61. The van der Waals surface area contributed by atoms with Crippen molar-refractivity contribution >= 4 is 15.9 Å². The van der Waals surface area contributed by atoms with Gasteiger partial charge in [-0.15, -0.1) is 0 Å². The third-order valence-corrected chi connectivity index (χ3v) is 2.52. The van der Waals surface area contributed by atoms with Crippen molar-refractivity contribution in [1.82, 2.24) is 4.98 Å². The van der Waals surface area contributed by atoms with Crippen LogP contribution in [0, 0.1) is 0 Å². The van der Waals surface area contributed by atoms with Gasteiger partial charge in [0.25, 0.3) is 0 Å². The minimum Gasteiger partial charge on any atom is -0.438 e. The molecule has 0 bridgehead atoms. The van der Waals surface area contributed by atoms with Crippen molar-refractivity contribution < 1.29 is 9.52 Å². The lowest BCUT2D eigenvalue weighted by atomic mass is 10.2. The molecule has 14 heavy (non-hydrogen) atoms. The summed E-state index contributed by atoms with van der Waals surface area (Å²) in [6.07, 6.45) is 1.60. The van der Waals surface area contributed by atoms with Crippen LogP contribution in [0.5, 0.6) is 0 Å². The number of hydrogen-bond donors (Lipinski definition) is 1. The zero-order valence-corrected chi connectivity index (χ0v) is 8.86. The molecular weight excluding hydrogens is 246 g/mol. The van der Waals surface area contributed by atoms with E-state index in [-0.39, 0.29) is 6.61 Å². The van der Waals surface area contributed by atoms with Crippen molar-refractivity contribution in [2.24, 2.45) is 0 Å². The number of aromatic nitrogens is 1. The largest absolute Gasteiger partial charge is 0.438 e. The fraction of sp³-hybridized carbons (Fsp3) is 0.100. The molecule has 2 aromatic rings. The number of halogens is 1. The van der Waals surface area contributed by atoms with E-state index in [9.17, 15) is 0 Å². The highest BCUT2D eigenvalue weighted by atomic mass is 79.9. The Balaban J connectivity index is 2.44. The summed E-state index contributed by atoms with van der Waals surface area (Å²) >= 11 is 3.41. The minimum atomic E-state index is -0.176. The van der Waals surface area contributed by atoms with Crippen molar-refractivity contribution in [3.63, 3.8) is 0 Å². The topological polar surface area (TPSA) is 46.3 Å². The molecule has 0 radical (unpaired) electrons. The highest BCUT2D eigenvalue weighted by Crippen LogP contribution is 2.28. The van der Waals surface area contributed by atoms with Gasteiger partial charge < -0.3 is 9.52 Å². The van der Waals surface area contributed by atoms with E-state index in [2.05, 4.69) is 20.9 Å². The van der Waals surface area contributed by atoms with Crippen LogP contribution in [0.4, 0.5) is 0 Å². The maximum Gasteiger partial charge on any atom is 0.220 e. The number of aliphatic hydroxyl groups is 1. The van der Waals surface area contributed by atoms with Crippen LogP contribution in [0.1, 0.15) is 5.89 Å². The van der Waals surface area contributed by atoms with Crippen LogP contribution < -0.4 is 0 Å². The highest BCUT2D eigenvalue weighted by Gasteiger charge is 2.07. The van der Waals surface area contributed by atoms with Crippen molar-refractivity contribution in [3.8, 4) is 11.3 Å². The summed E-state index contributed by atoms with van der Waals surface area (Å²) in [7, 11) is 0. The van der Waals surface area contributed by atoms with Gasteiger partial charge in [0, 0.05) is 10.0 Å². The predicted molar refractivity (Wildman–Crippen MR) is 55.6 cm³/mol. The van der Waals surface area contributed by atoms with Crippen LogP contribution in [0.15, 0.2) is 39.4 Å². The minimum absolute atomic E-state index is 0.176. The summed E-state index contributed by atoms with van der Waals surface area (Å²) < 4.78 is 6.25. The first-order chi connectivity index (χ1) is 6.81. The molecule has 2 rings (SSSR count). The Hall–Kier alpha value is -1.13. The fourth-order valence-corrected chi connectivity index (χ4v) is 1.65. The summed E-state index contributed by atoms with van der Waals surface area (Å²) in [6.45, 7) is -0.176. The van der Waals surface area contributed by atoms with Crippen LogP contribution >= 0.6 is 15.9 Å². The Labute approximate surface area is 89.5 Å². The van der Waals surface area contributed by atoms with E-state index in [0.29, 0.717) is 11.7 Å². The van der Waals surface area contributed by atoms with E-state index in [4.69, 9.17) is 9.52 Å². The lowest BCUT2D eigenvalue weighted by molar-refractivity contribution is 0.241. The molecule has 1 N–H and O–H groups in total. The third kappa shape index (κ3) is 1.71. The van der Waals surface area contributed by atoms with Crippen molar-refractivity contribution in [2.75, 3.05) is 0 Å². The number of oxazole rings is 1. The first-order valence-corrected chi connectivity index (χ1v) is 4.91. The molecule has 1 aromatic heterocycles. The van der Waals surface area contributed by atoms with Gasteiger partial charge in [-0.3, -0.25) is 0 Å². The molecule has 0 unspecified atom stereocenters. The number of benzene rings is 1. The summed E-state index contributed by atoms with van der Waals surface area (Å²) in [5.74, 6) is 0.984. The smallest absolute Gasteiger partial charge is 0.220 e. The highest BCUT2D eigenvalue weighted by molar-refractivity contribution is 9.10. The molecule has 0 amide bonds. The van der Waals surface area contributed by atoms with Crippen LogP contribution in [0.3, 0.4) is 0 Å². The van der Waals surface area contributed by atoms with E-state index in [1.807, 2.05) is 24.3 Å². The molecule has 0 saturated carbocycles. The fourth-order valence-electron chi connectivity index (χ4n) is 1.17. The quantitative estimate of drug-likeness (QED) is 0.895. The standard InChI is InChI=1S/C10H8BrNO2/c11-8-4-2-1-3-7(8)9-5-12-10(6-13)14-9/h1-5,13H,6H2. The van der Waals surface area contributed by atoms with Crippen LogP contribution in [-0.4, -0.2) is 10.1 Å². The molecule has 3 nitrogen and oxygen atoms in total. The second-order valence-electron chi connectivity index (χ2n) is 2.76. The predicted octanol–water partition coefficient (Wildman–Crippen LogP) is 2.60. The zero-order chi connectivity index (χ0) is 9.97. The van der Waals surface area contributed by atoms with Crippen molar-refractivity contribution in [1.29, 1.82) is 0 Å². The van der Waals surface area contributed by atoms with Crippen LogP contribution in [0.2, 0.25) is 0 Å². The Morgan fingerprint density at radius 1 is 1.36 bits per heavy atom. The Morgan fingerprint density at radius 3 is 2.79 bits per heavy atom. The monoisotopic (exact) mass is 253 g/mol. The van der Waals surface area contributed by atoms with E-state index in [0.717, 1.165) is 10.0 Å². The molecule has 0 aliphatic heterocycles. The Kier molecular flexibility index (Phi) is 2.65. The molecule has 1 heterocycles. The summed E-state index contributed by atoms with van der Waals surface area (Å²) in [5.41, 5.74) is 0.930. The summed E-state index contributed by atoms with van der Waals surface area (Å²) in [4.78, 5) is 3.91. The molecule has 0 spiro atoms. The number of nitrogens with zero attached hydrogens (tertiary/aromatic N) is 1. The summed E-state index contributed by atoms with van der Waals surface area (Å²) in [6, 6.07) is 7.69. The molecule has 0 atom stereocenters.